The van der Waals surface area contributed by atoms with Crippen LogP contribution in [0.15, 0.2) is 67.3 Å². The molecule has 2 heteroatoms. The molecule has 0 spiro atoms. The first-order valence-corrected chi connectivity index (χ1v) is 12.2. The summed E-state index contributed by atoms with van der Waals surface area (Å²) in [6.45, 7) is 6.42. The fourth-order valence-electron chi connectivity index (χ4n) is 5.19. The standard InChI is InChI=1S/C30H35FO/c1-3-5-22-6-8-23(9-7-22)10-11-24-12-18-29-26(21-24)15-19-28(30(29)31)25-13-16-27(17-14-25)32-20-4-2/h4,12-19,21-23H,2-3,5-11,20H2,1H3. The molecule has 1 nitrogen and oxygen atoms in total. The first-order valence-electron chi connectivity index (χ1n) is 12.2. The van der Waals surface area contributed by atoms with E-state index in [0.29, 0.717) is 17.6 Å². The lowest BCUT2D eigenvalue weighted by molar-refractivity contribution is 0.252. The van der Waals surface area contributed by atoms with Crippen LogP contribution >= 0.6 is 0 Å². The second-order valence-electron chi connectivity index (χ2n) is 9.32. The smallest absolute Gasteiger partial charge is 0.138 e. The predicted octanol–water partition coefficient (Wildman–Crippen LogP) is 8.75. The van der Waals surface area contributed by atoms with Gasteiger partial charge in [-0.25, -0.2) is 4.39 Å². The molecule has 0 N–H and O–H groups in total. The lowest BCUT2D eigenvalue weighted by atomic mass is 9.78. The maximum atomic E-state index is 15.3. The summed E-state index contributed by atoms with van der Waals surface area (Å²) in [6.07, 6.45) is 12.4. The number of halogens is 1. The van der Waals surface area contributed by atoms with E-state index in [1.54, 1.807) is 6.08 Å². The Morgan fingerprint density at radius 2 is 1.66 bits per heavy atom. The summed E-state index contributed by atoms with van der Waals surface area (Å²) < 4.78 is 20.9. The highest BCUT2D eigenvalue weighted by molar-refractivity contribution is 5.88. The fraction of sp³-hybridized carbons (Fsp3) is 0.400. The molecular formula is C30H35FO. The molecule has 0 bridgehead atoms. The van der Waals surface area contributed by atoms with Crippen molar-refractivity contribution in [3.8, 4) is 16.9 Å². The summed E-state index contributed by atoms with van der Waals surface area (Å²) in [5, 5.41) is 1.68. The lowest BCUT2D eigenvalue weighted by Crippen LogP contribution is -2.15. The highest BCUT2D eigenvalue weighted by Gasteiger charge is 2.20. The molecule has 0 aromatic heterocycles. The van der Waals surface area contributed by atoms with Gasteiger partial charge in [0.15, 0.2) is 0 Å². The Kier molecular flexibility index (Phi) is 7.63. The van der Waals surface area contributed by atoms with Gasteiger partial charge in [-0.1, -0.05) is 101 Å². The van der Waals surface area contributed by atoms with E-state index >= 15 is 4.39 Å². The van der Waals surface area contributed by atoms with Gasteiger partial charge >= 0.3 is 0 Å². The van der Waals surface area contributed by atoms with Gasteiger partial charge in [-0.2, -0.15) is 0 Å². The molecular weight excluding hydrogens is 395 g/mol. The predicted molar refractivity (Wildman–Crippen MR) is 134 cm³/mol. The zero-order valence-corrected chi connectivity index (χ0v) is 19.3. The zero-order valence-electron chi connectivity index (χ0n) is 19.3. The summed E-state index contributed by atoms with van der Waals surface area (Å²) in [7, 11) is 0. The van der Waals surface area contributed by atoms with E-state index in [4.69, 9.17) is 4.74 Å². The Morgan fingerprint density at radius 3 is 2.34 bits per heavy atom. The molecule has 0 amide bonds. The Hall–Kier alpha value is -2.61. The SMILES string of the molecule is C=CCOc1ccc(-c2ccc3cc(CCC4CCC(CCC)CC4)ccc3c2F)cc1. The highest BCUT2D eigenvalue weighted by Crippen LogP contribution is 2.35. The van der Waals surface area contributed by atoms with E-state index in [-0.39, 0.29) is 5.82 Å². The molecule has 1 saturated carbocycles. The van der Waals surface area contributed by atoms with Crippen molar-refractivity contribution < 1.29 is 9.13 Å². The van der Waals surface area contributed by atoms with Crippen LogP contribution in [0.4, 0.5) is 4.39 Å². The number of rotatable bonds is 9. The minimum Gasteiger partial charge on any atom is -0.490 e. The van der Waals surface area contributed by atoms with E-state index in [9.17, 15) is 0 Å². The molecule has 0 atom stereocenters. The van der Waals surface area contributed by atoms with Gasteiger partial charge in [0.25, 0.3) is 0 Å². The monoisotopic (exact) mass is 430 g/mol. The third-order valence-electron chi connectivity index (χ3n) is 7.06. The second-order valence-corrected chi connectivity index (χ2v) is 9.32. The van der Waals surface area contributed by atoms with Crippen molar-refractivity contribution in [2.24, 2.45) is 11.8 Å². The third-order valence-corrected chi connectivity index (χ3v) is 7.06. The first-order chi connectivity index (χ1) is 15.7. The Morgan fingerprint density at radius 1 is 0.938 bits per heavy atom. The van der Waals surface area contributed by atoms with Crippen LogP contribution in [0.5, 0.6) is 5.75 Å². The summed E-state index contributed by atoms with van der Waals surface area (Å²) in [4.78, 5) is 0. The van der Waals surface area contributed by atoms with Crippen molar-refractivity contribution in [2.45, 2.75) is 58.3 Å². The van der Waals surface area contributed by atoms with E-state index in [0.717, 1.165) is 35.0 Å². The summed E-state index contributed by atoms with van der Waals surface area (Å²) in [5.41, 5.74) is 2.81. The van der Waals surface area contributed by atoms with Crippen molar-refractivity contribution >= 4 is 10.8 Å². The average Bonchev–Trinajstić information content (AvgIpc) is 2.83. The van der Waals surface area contributed by atoms with Gasteiger partial charge in [-0.05, 0) is 53.3 Å². The molecule has 1 aliphatic rings. The summed E-state index contributed by atoms with van der Waals surface area (Å²) >= 11 is 0. The van der Waals surface area contributed by atoms with Crippen LogP contribution in [0.2, 0.25) is 0 Å². The molecule has 1 aliphatic carbocycles. The van der Waals surface area contributed by atoms with Crippen LogP contribution in [0.25, 0.3) is 21.9 Å². The number of aryl methyl sites for hydroxylation is 1. The Bertz CT molecular complexity index is 1030. The van der Waals surface area contributed by atoms with Crippen molar-refractivity contribution in [3.05, 3.63) is 78.6 Å². The molecule has 0 heterocycles. The molecule has 4 rings (SSSR count). The van der Waals surface area contributed by atoms with E-state index in [2.05, 4.69) is 31.7 Å². The van der Waals surface area contributed by atoms with Crippen LogP contribution in [0.1, 0.15) is 57.4 Å². The van der Waals surface area contributed by atoms with Gasteiger partial charge in [-0.15, -0.1) is 0 Å². The molecule has 0 radical (unpaired) electrons. The van der Waals surface area contributed by atoms with Crippen molar-refractivity contribution in [1.82, 2.24) is 0 Å². The Labute approximate surface area is 192 Å². The minimum absolute atomic E-state index is 0.150. The fourth-order valence-corrected chi connectivity index (χ4v) is 5.19. The van der Waals surface area contributed by atoms with E-state index in [1.165, 1.54) is 50.5 Å². The van der Waals surface area contributed by atoms with Crippen LogP contribution < -0.4 is 4.74 Å². The summed E-state index contributed by atoms with van der Waals surface area (Å²) in [6, 6.07) is 17.8. The van der Waals surface area contributed by atoms with Gasteiger partial charge < -0.3 is 4.74 Å². The topological polar surface area (TPSA) is 9.23 Å². The normalized spacial score (nSPS) is 18.6. The third kappa shape index (κ3) is 5.41. The number of hydrogen-bond acceptors (Lipinski definition) is 1. The number of fused-ring (bicyclic) bond motifs is 1. The van der Waals surface area contributed by atoms with Crippen molar-refractivity contribution in [1.29, 1.82) is 0 Å². The zero-order chi connectivity index (χ0) is 22.3. The maximum absolute atomic E-state index is 15.3. The summed E-state index contributed by atoms with van der Waals surface area (Å²) in [5.74, 6) is 2.43. The lowest BCUT2D eigenvalue weighted by Gasteiger charge is -2.28. The number of benzene rings is 3. The number of hydrogen-bond donors (Lipinski definition) is 0. The van der Waals surface area contributed by atoms with Gasteiger partial charge in [0.1, 0.15) is 18.2 Å². The van der Waals surface area contributed by atoms with Crippen LogP contribution in [0.3, 0.4) is 0 Å². The molecule has 3 aromatic rings. The molecule has 32 heavy (non-hydrogen) atoms. The van der Waals surface area contributed by atoms with Crippen LogP contribution in [-0.4, -0.2) is 6.61 Å². The Balaban J connectivity index is 1.42. The number of ether oxygens (including phenoxy) is 1. The maximum Gasteiger partial charge on any atom is 0.138 e. The van der Waals surface area contributed by atoms with E-state index < -0.39 is 0 Å². The molecule has 1 fully saturated rings. The molecule has 168 valence electrons. The highest BCUT2D eigenvalue weighted by atomic mass is 19.1. The van der Waals surface area contributed by atoms with Crippen LogP contribution in [-0.2, 0) is 6.42 Å². The van der Waals surface area contributed by atoms with Gasteiger partial charge in [0.05, 0.1) is 0 Å². The van der Waals surface area contributed by atoms with Crippen molar-refractivity contribution in [2.75, 3.05) is 6.61 Å². The second kappa shape index (κ2) is 10.8. The van der Waals surface area contributed by atoms with Gasteiger partial charge in [0.2, 0.25) is 0 Å². The molecule has 3 aromatic carbocycles. The average molecular weight is 431 g/mol. The quantitative estimate of drug-likeness (QED) is 0.308. The minimum atomic E-state index is -0.150. The van der Waals surface area contributed by atoms with Gasteiger partial charge in [-0.3, -0.25) is 0 Å². The molecule has 0 aliphatic heterocycles. The van der Waals surface area contributed by atoms with Gasteiger partial charge in [0, 0.05) is 10.9 Å². The largest absolute Gasteiger partial charge is 0.490 e. The first kappa shape index (κ1) is 22.6. The van der Waals surface area contributed by atoms with E-state index in [1.807, 2.05) is 36.4 Å². The molecule has 0 saturated heterocycles. The van der Waals surface area contributed by atoms with Crippen LogP contribution in [0, 0.1) is 17.7 Å². The molecule has 0 unspecified atom stereocenters. The van der Waals surface area contributed by atoms with Crippen molar-refractivity contribution in [3.63, 3.8) is 0 Å².